The van der Waals surface area contributed by atoms with Crippen LogP contribution in [-0.4, -0.2) is 30.1 Å². The van der Waals surface area contributed by atoms with Crippen molar-refractivity contribution in [2.75, 3.05) is 18.0 Å². The first-order chi connectivity index (χ1) is 8.50. The number of benzene rings is 1. The highest BCUT2D eigenvalue weighted by molar-refractivity contribution is 5.86. The highest BCUT2D eigenvalue weighted by Crippen LogP contribution is 2.25. The maximum atomic E-state index is 14.0. The van der Waals surface area contributed by atoms with Crippen LogP contribution < -0.4 is 10.2 Å². The number of anilines is 1. The Morgan fingerprint density at radius 3 is 2.89 bits per heavy atom. The Morgan fingerprint density at radius 2 is 2.28 bits per heavy atom. The Morgan fingerprint density at radius 1 is 1.56 bits per heavy atom. The standard InChI is InChI=1S/C13H17FN2O2/c1-8-13(18)15-5-6-16(8)12-4-3-10(9(2)17)7-11(12)14/h3-4,7-9,17H,5-6H2,1-2H3,(H,15,18). The Labute approximate surface area is 105 Å². The number of carbonyl (C=O) groups is 1. The fraction of sp³-hybridized carbons (Fsp3) is 0.462. The second kappa shape index (κ2) is 4.94. The van der Waals surface area contributed by atoms with Gasteiger partial charge in [0.2, 0.25) is 5.91 Å². The van der Waals surface area contributed by atoms with E-state index in [1.807, 2.05) is 0 Å². The number of rotatable bonds is 2. The van der Waals surface area contributed by atoms with Crippen molar-refractivity contribution in [3.8, 4) is 0 Å². The first kappa shape index (κ1) is 12.8. The van der Waals surface area contributed by atoms with Gasteiger partial charge in [0.1, 0.15) is 11.9 Å². The zero-order chi connectivity index (χ0) is 13.3. The molecule has 4 nitrogen and oxygen atoms in total. The van der Waals surface area contributed by atoms with Gasteiger partial charge < -0.3 is 15.3 Å². The van der Waals surface area contributed by atoms with Crippen LogP contribution in [0, 0.1) is 5.82 Å². The minimum absolute atomic E-state index is 0.0970. The summed E-state index contributed by atoms with van der Waals surface area (Å²) in [6, 6.07) is 4.24. The molecule has 18 heavy (non-hydrogen) atoms. The number of carbonyl (C=O) groups excluding carboxylic acids is 1. The molecule has 0 bridgehead atoms. The summed E-state index contributed by atoms with van der Waals surface area (Å²) in [5.74, 6) is -0.504. The lowest BCUT2D eigenvalue weighted by atomic mass is 10.1. The third-order valence-corrected chi connectivity index (χ3v) is 3.26. The molecule has 2 N–H and O–H groups in total. The number of piperazine rings is 1. The normalized spacial score (nSPS) is 21.7. The van der Waals surface area contributed by atoms with E-state index in [4.69, 9.17) is 0 Å². The van der Waals surface area contributed by atoms with Crippen molar-refractivity contribution < 1.29 is 14.3 Å². The third-order valence-electron chi connectivity index (χ3n) is 3.26. The molecule has 0 saturated carbocycles. The first-order valence-corrected chi connectivity index (χ1v) is 6.02. The summed E-state index contributed by atoms with van der Waals surface area (Å²) < 4.78 is 14.0. The molecule has 98 valence electrons. The van der Waals surface area contributed by atoms with E-state index >= 15 is 0 Å². The van der Waals surface area contributed by atoms with Gasteiger partial charge in [-0.05, 0) is 31.5 Å². The highest BCUT2D eigenvalue weighted by atomic mass is 19.1. The smallest absolute Gasteiger partial charge is 0.242 e. The summed E-state index contributed by atoms with van der Waals surface area (Å²) in [4.78, 5) is 13.3. The van der Waals surface area contributed by atoms with E-state index in [2.05, 4.69) is 5.32 Å². The van der Waals surface area contributed by atoms with Gasteiger partial charge in [-0.15, -0.1) is 0 Å². The molecular formula is C13H17FN2O2. The first-order valence-electron chi connectivity index (χ1n) is 6.02. The quantitative estimate of drug-likeness (QED) is 0.831. The molecule has 2 atom stereocenters. The van der Waals surface area contributed by atoms with E-state index in [0.29, 0.717) is 24.3 Å². The molecule has 1 aromatic carbocycles. The molecule has 1 aliphatic heterocycles. The van der Waals surface area contributed by atoms with Crippen molar-refractivity contribution in [3.05, 3.63) is 29.6 Å². The minimum atomic E-state index is -0.698. The number of aliphatic hydroxyl groups excluding tert-OH is 1. The van der Waals surface area contributed by atoms with Crippen LogP contribution in [0.4, 0.5) is 10.1 Å². The van der Waals surface area contributed by atoms with Crippen LogP contribution in [-0.2, 0) is 4.79 Å². The van der Waals surface area contributed by atoms with Gasteiger partial charge in [0.05, 0.1) is 11.8 Å². The average Bonchev–Trinajstić information content (AvgIpc) is 2.33. The van der Waals surface area contributed by atoms with Crippen LogP contribution in [0.3, 0.4) is 0 Å². The maximum Gasteiger partial charge on any atom is 0.242 e. The van der Waals surface area contributed by atoms with E-state index in [9.17, 15) is 14.3 Å². The average molecular weight is 252 g/mol. The van der Waals surface area contributed by atoms with Crippen LogP contribution in [0.15, 0.2) is 18.2 Å². The fourth-order valence-electron chi connectivity index (χ4n) is 2.13. The van der Waals surface area contributed by atoms with Crippen molar-refractivity contribution in [1.29, 1.82) is 0 Å². The molecule has 2 unspecified atom stereocenters. The van der Waals surface area contributed by atoms with E-state index in [0.717, 1.165) is 0 Å². The number of hydrogen-bond donors (Lipinski definition) is 2. The SMILES string of the molecule is CC(O)c1ccc(N2CCNC(=O)C2C)c(F)c1. The number of amides is 1. The van der Waals surface area contributed by atoms with Crippen molar-refractivity contribution in [2.24, 2.45) is 0 Å². The summed E-state index contributed by atoms with van der Waals surface area (Å²) in [6.45, 7) is 4.43. The van der Waals surface area contributed by atoms with E-state index < -0.39 is 11.9 Å². The maximum absolute atomic E-state index is 14.0. The molecule has 1 saturated heterocycles. The van der Waals surface area contributed by atoms with Gasteiger partial charge in [-0.2, -0.15) is 0 Å². The van der Waals surface area contributed by atoms with Crippen LogP contribution in [0.25, 0.3) is 0 Å². The summed E-state index contributed by atoms with van der Waals surface area (Å²) in [5.41, 5.74) is 0.937. The second-order valence-corrected chi connectivity index (χ2v) is 4.55. The van der Waals surface area contributed by atoms with Crippen LogP contribution in [0.2, 0.25) is 0 Å². The molecule has 1 amide bonds. The van der Waals surface area contributed by atoms with Gasteiger partial charge in [0, 0.05) is 13.1 Å². The highest BCUT2D eigenvalue weighted by Gasteiger charge is 2.27. The molecular weight excluding hydrogens is 235 g/mol. The van der Waals surface area contributed by atoms with Gasteiger partial charge in [-0.1, -0.05) is 6.07 Å². The van der Waals surface area contributed by atoms with Crippen LogP contribution >= 0.6 is 0 Å². The predicted molar refractivity (Wildman–Crippen MR) is 66.9 cm³/mol. The Kier molecular flexibility index (Phi) is 3.52. The zero-order valence-corrected chi connectivity index (χ0v) is 10.5. The number of nitrogens with zero attached hydrogens (tertiary/aromatic N) is 1. The summed E-state index contributed by atoms with van der Waals surface area (Å²) in [7, 11) is 0. The Balaban J connectivity index is 2.30. The largest absolute Gasteiger partial charge is 0.389 e. The molecule has 1 heterocycles. The molecule has 2 rings (SSSR count). The summed E-state index contributed by atoms with van der Waals surface area (Å²) >= 11 is 0. The van der Waals surface area contributed by atoms with Crippen molar-refractivity contribution >= 4 is 11.6 Å². The van der Waals surface area contributed by atoms with E-state index in [-0.39, 0.29) is 11.9 Å². The van der Waals surface area contributed by atoms with Crippen molar-refractivity contribution in [3.63, 3.8) is 0 Å². The summed E-state index contributed by atoms with van der Waals surface area (Å²) in [6.07, 6.45) is -0.698. The Hall–Kier alpha value is -1.62. The van der Waals surface area contributed by atoms with Crippen molar-refractivity contribution in [2.45, 2.75) is 26.0 Å². The van der Waals surface area contributed by atoms with E-state index in [1.165, 1.54) is 6.07 Å². The number of aliphatic hydroxyl groups is 1. The monoisotopic (exact) mass is 252 g/mol. The predicted octanol–water partition coefficient (Wildman–Crippen LogP) is 1.20. The van der Waals surface area contributed by atoms with Gasteiger partial charge in [0.25, 0.3) is 0 Å². The molecule has 0 radical (unpaired) electrons. The van der Waals surface area contributed by atoms with Crippen LogP contribution in [0.5, 0.6) is 0 Å². The molecule has 0 aliphatic carbocycles. The number of nitrogens with one attached hydrogen (secondary N) is 1. The topological polar surface area (TPSA) is 52.6 Å². The number of hydrogen-bond acceptors (Lipinski definition) is 3. The fourth-order valence-corrected chi connectivity index (χ4v) is 2.13. The van der Waals surface area contributed by atoms with E-state index in [1.54, 1.807) is 30.9 Å². The second-order valence-electron chi connectivity index (χ2n) is 4.55. The number of halogens is 1. The molecule has 1 aliphatic rings. The lowest BCUT2D eigenvalue weighted by molar-refractivity contribution is -0.122. The van der Waals surface area contributed by atoms with Crippen LogP contribution in [0.1, 0.15) is 25.5 Å². The lowest BCUT2D eigenvalue weighted by Crippen LogP contribution is -2.54. The molecule has 0 spiro atoms. The third kappa shape index (κ3) is 2.31. The molecule has 1 fully saturated rings. The lowest BCUT2D eigenvalue weighted by Gasteiger charge is -2.35. The van der Waals surface area contributed by atoms with Gasteiger partial charge in [0.15, 0.2) is 0 Å². The van der Waals surface area contributed by atoms with Gasteiger partial charge in [-0.3, -0.25) is 4.79 Å². The zero-order valence-electron chi connectivity index (χ0n) is 10.5. The van der Waals surface area contributed by atoms with Gasteiger partial charge >= 0.3 is 0 Å². The molecule has 0 aromatic heterocycles. The van der Waals surface area contributed by atoms with Crippen molar-refractivity contribution in [1.82, 2.24) is 5.32 Å². The minimum Gasteiger partial charge on any atom is -0.389 e. The Bertz CT molecular complexity index is 462. The molecule has 1 aromatic rings. The van der Waals surface area contributed by atoms with Gasteiger partial charge in [-0.25, -0.2) is 4.39 Å². The molecule has 5 heteroatoms. The summed E-state index contributed by atoms with van der Waals surface area (Å²) in [5, 5.41) is 12.1.